The molecule has 0 fully saturated rings. The van der Waals surface area contributed by atoms with Crippen molar-refractivity contribution in [2.24, 2.45) is 5.92 Å². The van der Waals surface area contributed by atoms with Crippen LogP contribution in [0.5, 0.6) is 0 Å². The van der Waals surface area contributed by atoms with Gasteiger partial charge in [-0.25, -0.2) is 8.78 Å². The highest BCUT2D eigenvalue weighted by atomic mass is 19.1. The van der Waals surface area contributed by atoms with Crippen molar-refractivity contribution in [3.05, 3.63) is 119 Å². The fourth-order valence-electron chi connectivity index (χ4n) is 3.42. The smallest absolute Gasteiger partial charge is 0.217 e. The summed E-state index contributed by atoms with van der Waals surface area (Å²) in [6.45, 7) is 1.31. The lowest BCUT2D eigenvalue weighted by Crippen LogP contribution is -2.39. The van der Waals surface area contributed by atoms with Gasteiger partial charge in [0.25, 0.3) is 0 Å². The molecule has 0 spiro atoms. The predicted molar refractivity (Wildman–Crippen MR) is 127 cm³/mol. The monoisotopic (exact) mass is 459 g/mol. The molecule has 0 heterocycles. The number of hydrogen-bond acceptors (Lipinski definition) is 3. The summed E-state index contributed by atoms with van der Waals surface area (Å²) in [5.41, 5.74) is 1.76. The Morgan fingerprint density at radius 2 is 1.15 bits per heavy atom. The Kier molecular flexibility index (Phi) is 8.35. The molecular weight excluding hydrogens is 436 g/mol. The molecule has 0 radical (unpaired) electrons. The Morgan fingerprint density at radius 3 is 1.56 bits per heavy atom. The average molecular weight is 459 g/mol. The van der Waals surface area contributed by atoms with Crippen molar-refractivity contribution in [1.82, 2.24) is 5.32 Å². The highest BCUT2D eigenvalue weighted by Crippen LogP contribution is 2.26. The molecule has 172 valence electrons. The minimum Gasteiger partial charge on any atom is -0.348 e. The van der Waals surface area contributed by atoms with Crippen LogP contribution in [0.2, 0.25) is 0 Å². The standard InChI is InChI=1S/C28H23F2NO3/c1-19(32)31-28(22-5-3-2-4-6-22)27(25(33)17-11-20-7-13-23(29)14-8-20)26(34)18-12-21-9-15-24(30)16-10-21/h2-18,27-28H,1H3,(H,31,32)/b17-11+,18-12+. The SMILES string of the molecule is CC(=O)NC(c1ccccc1)C(C(=O)/C=C/c1ccc(F)cc1)C(=O)/C=C/c1ccc(F)cc1. The first-order valence-electron chi connectivity index (χ1n) is 10.6. The van der Waals surface area contributed by atoms with Crippen LogP contribution in [0.15, 0.2) is 91.0 Å². The molecule has 0 bridgehead atoms. The van der Waals surface area contributed by atoms with Crippen LogP contribution in [0.3, 0.4) is 0 Å². The number of amides is 1. The second-order valence-corrected chi connectivity index (χ2v) is 7.64. The number of rotatable bonds is 9. The lowest BCUT2D eigenvalue weighted by molar-refractivity contribution is -0.129. The van der Waals surface area contributed by atoms with Gasteiger partial charge < -0.3 is 5.32 Å². The topological polar surface area (TPSA) is 63.2 Å². The zero-order chi connectivity index (χ0) is 24.5. The molecule has 3 aromatic carbocycles. The first-order valence-corrected chi connectivity index (χ1v) is 10.6. The molecule has 0 saturated carbocycles. The van der Waals surface area contributed by atoms with E-state index >= 15 is 0 Å². The molecule has 0 aliphatic carbocycles. The van der Waals surface area contributed by atoms with Gasteiger partial charge in [-0.05, 0) is 53.1 Å². The number of ketones is 2. The Hall–Kier alpha value is -4.19. The second kappa shape index (κ2) is 11.6. The molecule has 1 unspecified atom stereocenters. The normalized spacial score (nSPS) is 12.2. The molecule has 34 heavy (non-hydrogen) atoms. The molecular formula is C28H23F2NO3. The van der Waals surface area contributed by atoms with Gasteiger partial charge in [0, 0.05) is 6.92 Å². The minimum absolute atomic E-state index is 0.399. The van der Waals surface area contributed by atoms with Crippen LogP contribution in [0.25, 0.3) is 12.2 Å². The van der Waals surface area contributed by atoms with Gasteiger partial charge in [0.2, 0.25) is 5.91 Å². The summed E-state index contributed by atoms with van der Waals surface area (Å²) in [5, 5.41) is 2.72. The third kappa shape index (κ3) is 6.90. The number of benzene rings is 3. The van der Waals surface area contributed by atoms with Gasteiger partial charge >= 0.3 is 0 Å². The predicted octanol–water partition coefficient (Wildman–Crippen LogP) is 5.32. The van der Waals surface area contributed by atoms with Crippen molar-refractivity contribution in [3.63, 3.8) is 0 Å². The number of carbonyl (C=O) groups excluding carboxylic acids is 3. The lowest BCUT2D eigenvalue weighted by atomic mass is 9.85. The van der Waals surface area contributed by atoms with Crippen LogP contribution < -0.4 is 5.32 Å². The molecule has 0 saturated heterocycles. The summed E-state index contributed by atoms with van der Waals surface area (Å²) in [6, 6.07) is 18.9. The van der Waals surface area contributed by atoms with Gasteiger partial charge in [-0.15, -0.1) is 0 Å². The summed E-state index contributed by atoms with van der Waals surface area (Å²) < 4.78 is 26.4. The molecule has 1 atom stereocenters. The van der Waals surface area contributed by atoms with Gasteiger partial charge in [-0.1, -0.05) is 66.7 Å². The van der Waals surface area contributed by atoms with E-state index in [-0.39, 0.29) is 0 Å². The van der Waals surface area contributed by atoms with Crippen molar-refractivity contribution in [2.45, 2.75) is 13.0 Å². The molecule has 0 aliphatic rings. The maximum absolute atomic E-state index is 13.3. The number of allylic oxidation sites excluding steroid dienone is 2. The number of nitrogens with one attached hydrogen (secondary N) is 1. The first kappa shape index (κ1) is 24.5. The zero-order valence-electron chi connectivity index (χ0n) is 18.5. The van der Waals surface area contributed by atoms with E-state index in [0.29, 0.717) is 16.7 Å². The number of carbonyl (C=O) groups is 3. The van der Waals surface area contributed by atoms with Crippen LogP contribution in [-0.2, 0) is 14.4 Å². The van der Waals surface area contributed by atoms with E-state index in [4.69, 9.17) is 0 Å². The van der Waals surface area contributed by atoms with E-state index in [9.17, 15) is 23.2 Å². The van der Waals surface area contributed by atoms with Gasteiger partial charge in [-0.2, -0.15) is 0 Å². The third-order valence-electron chi connectivity index (χ3n) is 5.08. The van der Waals surface area contributed by atoms with E-state index in [1.165, 1.54) is 79.8 Å². The van der Waals surface area contributed by atoms with E-state index < -0.39 is 41.1 Å². The Morgan fingerprint density at radius 1 is 0.706 bits per heavy atom. The lowest BCUT2D eigenvalue weighted by Gasteiger charge is -2.24. The summed E-state index contributed by atoms with van der Waals surface area (Å²) in [7, 11) is 0. The van der Waals surface area contributed by atoms with Gasteiger partial charge in [0.05, 0.1) is 6.04 Å². The number of hydrogen-bond donors (Lipinski definition) is 1. The molecule has 3 aromatic rings. The molecule has 6 heteroatoms. The molecule has 0 aliphatic heterocycles. The summed E-state index contributed by atoms with van der Waals surface area (Å²) in [6.07, 6.45) is 5.47. The molecule has 0 aromatic heterocycles. The summed E-state index contributed by atoms with van der Waals surface area (Å²) in [5.74, 6) is -3.51. The van der Waals surface area contributed by atoms with Gasteiger partial charge in [0.15, 0.2) is 11.6 Å². The molecule has 3 rings (SSSR count). The Balaban J connectivity index is 1.96. The summed E-state index contributed by atoms with van der Waals surface area (Å²) in [4.78, 5) is 38.5. The molecule has 1 amide bonds. The maximum atomic E-state index is 13.3. The van der Waals surface area contributed by atoms with E-state index in [1.54, 1.807) is 30.3 Å². The van der Waals surface area contributed by atoms with Crippen LogP contribution in [-0.4, -0.2) is 17.5 Å². The van der Waals surface area contributed by atoms with Crippen molar-refractivity contribution in [2.75, 3.05) is 0 Å². The highest BCUT2D eigenvalue weighted by molar-refractivity contribution is 6.14. The van der Waals surface area contributed by atoms with Crippen LogP contribution in [0.4, 0.5) is 8.78 Å². The van der Waals surface area contributed by atoms with E-state index in [0.717, 1.165) is 0 Å². The zero-order valence-corrected chi connectivity index (χ0v) is 18.5. The van der Waals surface area contributed by atoms with E-state index in [1.807, 2.05) is 0 Å². The van der Waals surface area contributed by atoms with Crippen LogP contribution >= 0.6 is 0 Å². The highest BCUT2D eigenvalue weighted by Gasteiger charge is 2.33. The van der Waals surface area contributed by atoms with Crippen LogP contribution in [0.1, 0.15) is 29.7 Å². The van der Waals surface area contributed by atoms with Gasteiger partial charge in [0.1, 0.15) is 17.6 Å². The summed E-state index contributed by atoms with van der Waals surface area (Å²) >= 11 is 0. The quantitative estimate of drug-likeness (QED) is 0.348. The Bertz CT molecular complexity index is 1130. The fraction of sp³-hybridized carbons (Fsp3) is 0.107. The third-order valence-corrected chi connectivity index (χ3v) is 5.08. The van der Waals surface area contributed by atoms with Crippen molar-refractivity contribution < 1.29 is 23.2 Å². The van der Waals surface area contributed by atoms with Gasteiger partial charge in [-0.3, -0.25) is 14.4 Å². The second-order valence-electron chi connectivity index (χ2n) is 7.64. The maximum Gasteiger partial charge on any atom is 0.217 e. The van der Waals surface area contributed by atoms with Crippen molar-refractivity contribution in [3.8, 4) is 0 Å². The molecule has 4 nitrogen and oxygen atoms in total. The van der Waals surface area contributed by atoms with Crippen molar-refractivity contribution in [1.29, 1.82) is 0 Å². The fourth-order valence-corrected chi connectivity index (χ4v) is 3.42. The molecule has 1 N–H and O–H groups in total. The van der Waals surface area contributed by atoms with Crippen LogP contribution in [0, 0.1) is 17.6 Å². The first-order chi connectivity index (χ1) is 16.3. The van der Waals surface area contributed by atoms with Crippen molar-refractivity contribution >= 4 is 29.6 Å². The Labute approximate surface area is 196 Å². The largest absolute Gasteiger partial charge is 0.348 e. The average Bonchev–Trinajstić information content (AvgIpc) is 2.83. The van der Waals surface area contributed by atoms with E-state index in [2.05, 4.69) is 5.32 Å². The minimum atomic E-state index is -1.25. The number of halogens is 2.